The third kappa shape index (κ3) is 4.40. The van der Waals surface area contributed by atoms with Crippen molar-refractivity contribution in [1.29, 1.82) is 0 Å². The fraction of sp³-hybridized carbons (Fsp3) is 0.417. The Kier molecular flexibility index (Phi) is 6.05. The fourth-order valence-corrected chi connectivity index (χ4v) is 4.76. The van der Waals surface area contributed by atoms with Crippen LogP contribution >= 0.6 is 0 Å². The zero-order chi connectivity index (χ0) is 24.5. The average Bonchev–Trinajstić information content (AvgIpc) is 3.48. The van der Waals surface area contributed by atoms with E-state index in [1.807, 2.05) is 0 Å². The first-order valence-corrected chi connectivity index (χ1v) is 11.5. The van der Waals surface area contributed by atoms with Gasteiger partial charge >= 0.3 is 0 Å². The maximum absolute atomic E-state index is 12.9. The molecule has 5 rings (SSSR count). The summed E-state index contributed by atoms with van der Waals surface area (Å²) in [4.78, 5) is 50.8. The lowest BCUT2D eigenvalue weighted by atomic mass is 9.92. The van der Waals surface area contributed by atoms with E-state index >= 15 is 0 Å². The number of hydrogen-bond acceptors (Lipinski definition) is 7. The summed E-state index contributed by atoms with van der Waals surface area (Å²) in [6.45, 7) is 1.48. The van der Waals surface area contributed by atoms with Crippen LogP contribution in [0.4, 0.5) is 0 Å². The van der Waals surface area contributed by atoms with Crippen molar-refractivity contribution in [2.75, 3.05) is 13.2 Å². The van der Waals surface area contributed by atoms with Gasteiger partial charge in [0.1, 0.15) is 6.04 Å². The highest BCUT2D eigenvalue weighted by atomic mass is 16.5. The van der Waals surface area contributed by atoms with E-state index in [4.69, 9.17) is 11.2 Å². The number of carbonyl (C=O) groups is 4. The summed E-state index contributed by atoms with van der Waals surface area (Å²) < 4.78 is 6.81. The average molecular weight is 476 g/mol. The van der Waals surface area contributed by atoms with Crippen LogP contribution in [0.2, 0.25) is 0 Å². The molecule has 4 amide bonds. The zero-order valence-corrected chi connectivity index (χ0v) is 18.9. The molecule has 4 heterocycles. The number of nitrogens with one attached hydrogen (secondary N) is 2. The van der Waals surface area contributed by atoms with Crippen molar-refractivity contribution in [3.05, 3.63) is 41.2 Å². The maximum Gasteiger partial charge on any atom is 0.274 e. The van der Waals surface area contributed by atoms with Crippen LogP contribution in [-0.2, 0) is 20.9 Å². The Labute approximate surface area is 201 Å². The Morgan fingerprint density at radius 2 is 2.03 bits per heavy atom. The highest BCUT2D eigenvalue weighted by molar-refractivity contribution is 6.05. The molecule has 1 aromatic heterocycles. The van der Waals surface area contributed by atoms with Crippen LogP contribution in [0.3, 0.4) is 0 Å². The van der Waals surface area contributed by atoms with Crippen LogP contribution in [0.5, 0.6) is 0 Å². The number of imide groups is 1. The van der Waals surface area contributed by atoms with Gasteiger partial charge in [-0.3, -0.25) is 24.5 Å². The Balaban J connectivity index is 1.29. The van der Waals surface area contributed by atoms with Gasteiger partial charge in [-0.2, -0.15) is 0 Å². The second-order valence-corrected chi connectivity index (χ2v) is 8.86. The summed E-state index contributed by atoms with van der Waals surface area (Å²) in [7, 11) is 0. The van der Waals surface area contributed by atoms with Crippen molar-refractivity contribution in [1.82, 2.24) is 30.5 Å². The number of piperidine rings is 1. The van der Waals surface area contributed by atoms with Crippen LogP contribution in [0.15, 0.2) is 24.4 Å². The lowest BCUT2D eigenvalue weighted by Crippen LogP contribution is -2.52. The molecule has 180 valence electrons. The summed E-state index contributed by atoms with van der Waals surface area (Å²) >= 11 is 0. The van der Waals surface area contributed by atoms with Gasteiger partial charge in [0.15, 0.2) is 5.69 Å². The number of benzene rings is 1. The molecule has 2 aromatic rings. The standard InChI is InChI=1S/C24H24N6O5/c1-2-18(14-7-9-35-10-8-14)25-22(32)19-13-30(28-27-19)16-3-4-17-15(11-16)12-29(24(17)34)20-5-6-21(31)26-23(20)33/h1,3-4,11,13-14,18,20H,5-10,12H2,(H,25,32)(H,26,31,33). The minimum Gasteiger partial charge on any atom is -0.381 e. The van der Waals surface area contributed by atoms with E-state index < -0.39 is 23.9 Å². The van der Waals surface area contributed by atoms with Gasteiger partial charge < -0.3 is 15.0 Å². The SMILES string of the molecule is C#CC(NC(=O)c1cn(-c2ccc3c(c2)CN(C2CCC(=O)NC2=O)C3=O)nn1)C1CCOCC1. The highest BCUT2D eigenvalue weighted by Gasteiger charge is 2.39. The molecule has 2 fully saturated rings. The molecular weight excluding hydrogens is 452 g/mol. The molecule has 0 bridgehead atoms. The molecule has 0 spiro atoms. The number of carbonyl (C=O) groups excluding carboxylic acids is 4. The first-order valence-electron chi connectivity index (χ1n) is 11.5. The summed E-state index contributed by atoms with van der Waals surface area (Å²) in [5.74, 6) is 1.35. The Bertz CT molecular complexity index is 1240. The quantitative estimate of drug-likeness (QED) is 0.464. The molecule has 2 saturated heterocycles. The Morgan fingerprint density at radius 3 is 2.77 bits per heavy atom. The lowest BCUT2D eigenvalue weighted by Gasteiger charge is -2.29. The third-order valence-corrected chi connectivity index (χ3v) is 6.70. The Morgan fingerprint density at radius 1 is 1.23 bits per heavy atom. The van der Waals surface area contributed by atoms with E-state index in [0.29, 0.717) is 30.9 Å². The van der Waals surface area contributed by atoms with Gasteiger partial charge in [0, 0.05) is 31.7 Å². The van der Waals surface area contributed by atoms with Crippen molar-refractivity contribution >= 4 is 23.6 Å². The molecule has 1 aromatic carbocycles. The number of fused-ring (bicyclic) bond motifs is 1. The van der Waals surface area contributed by atoms with Crippen molar-refractivity contribution in [2.45, 2.75) is 44.3 Å². The number of nitrogens with zero attached hydrogens (tertiary/aromatic N) is 4. The van der Waals surface area contributed by atoms with Gasteiger partial charge in [0.05, 0.1) is 17.9 Å². The van der Waals surface area contributed by atoms with Crippen molar-refractivity contribution < 1.29 is 23.9 Å². The first kappa shape index (κ1) is 22.7. The normalized spacial score (nSPS) is 21.3. The van der Waals surface area contributed by atoms with Crippen molar-refractivity contribution in [3.63, 3.8) is 0 Å². The van der Waals surface area contributed by atoms with E-state index in [9.17, 15) is 19.2 Å². The molecule has 0 saturated carbocycles. The summed E-state index contributed by atoms with van der Waals surface area (Å²) in [6.07, 6.45) is 9.21. The van der Waals surface area contributed by atoms with Crippen molar-refractivity contribution in [3.8, 4) is 18.0 Å². The molecular formula is C24H24N6O5. The van der Waals surface area contributed by atoms with Crippen LogP contribution in [-0.4, -0.2) is 68.8 Å². The molecule has 2 unspecified atom stereocenters. The molecule has 3 aliphatic rings. The van der Waals surface area contributed by atoms with Gasteiger partial charge in [0.25, 0.3) is 11.8 Å². The van der Waals surface area contributed by atoms with E-state index in [2.05, 4.69) is 26.9 Å². The van der Waals surface area contributed by atoms with Crippen LogP contribution in [0, 0.1) is 18.3 Å². The minimum absolute atomic E-state index is 0.124. The molecule has 2 N–H and O–H groups in total. The predicted octanol–water partition coefficient (Wildman–Crippen LogP) is 0.187. The second kappa shape index (κ2) is 9.31. The second-order valence-electron chi connectivity index (χ2n) is 8.86. The first-order chi connectivity index (χ1) is 16.9. The van der Waals surface area contributed by atoms with E-state index in [1.165, 1.54) is 15.8 Å². The molecule has 35 heavy (non-hydrogen) atoms. The molecule has 0 radical (unpaired) electrons. The largest absolute Gasteiger partial charge is 0.381 e. The Hall–Kier alpha value is -4.04. The molecule has 0 aliphatic carbocycles. The molecule has 11 heteroatoms. The summed E-state index contributed by atoms with van der Waals surface area (Å²) in [5, 5.41) is 13.2. The van der Waals surface area contributed by atoms with Crippen LogP contribution < -0.4 is 10.6 Å². The van der Waals surface area contributed by atoms with Gasteiger partial charge in [-0.1, -0.05) is 11.1 Å². The van der Waals surface area contributed by atoms with E-state index in [1.54, 1.807) is 18.2 Å². The fourth-order valence-electron chi connectivity index (χ4n) is 4.76. The highest BCUT2D eigenvalue weighted by Crippen LogP contribution is 2.29. The number of amides is 4. The van der Waals surface area contributed by atoms with Gasteiger partial charge in [-0.15, -0.1) is 11.5 Å². The van der Waals surface area contributed by atoms with Gasteiger partial charge in [-0.05, 0) is 48.9 Å². The van der Waals surface area contributed by atoms with Gasteiger partial charge in [-0.25, -0.2) is 4.68 Å². The number of rotatable bonds is 5. The maximum atomic E-state index is 12.9. The minimum atomic E-state index is -0.683. The van der Waals surface area contributed by atoms with Gasteiger partial charge in [0.2, 0.25) is 11.8 Å². The number of ether oxygens (including phenoxy) is 1. The zero-order valence-electron chi connectivity index (χ0n) is 18.9. The molecule has 11 nitrogen and oxygen atoms in total. The van der Waals surface area contributed by atoms with E-state index in [-0.39, 0.29) is 36.4 Å². The monoisotopic (exact) mass is 476 g/mol. The number of aromatic nitrogens is 3. The smallest absolute Gasteiger partial charge is 0.274 e. The predicted molar refractivity (Wildman–Crippen MR) is 121 cm³/mol. The topological polar surface area (TPSA) is 136 Å². The number of hydrogen-bond donors (Lipinski definition) is 2. The van der Waals surface area contributed by atoms with Crippen LogP contribution in [0.1, 0.15) is 52.1 Å². The van der Waals surface area contributed by atoms with Crippen LogP contribution in [0.25, 0.3) is 5.69 Å². The molecule has 2 atom stereocenters. The lowest BCUT2D eigenvalue weighted by molar-refractivity contribution is -0.136. The number of terminal acetylenes is 1. The van der Waals surface area contributed by atoms with Crippen molar-refractivity contribution in [2.24, 2.45) is 5.92 Å². The van der Waals surface area contributed by atoms with E-state index in [0.717, 1.165) is 18.4 Å². The summed E-state index contributed by atoms with van der Waals surface area (Å²) in [6, 6.07) is 4.05. The third-order valence-electron chi connectivity index (χ3n) is 6.70. The molecule has 3 aliphatic heterocycles. The summed E-state index contributed by atoms with van der Waals surface area (Å²) in [5.41, 5.74) is 1.96.